The number of hydrogen-bond donors (Lipinski definition) is 1. The first-order valence-electron chi connectivity index (χ1n) is 7.06. The molecule has 20 heavy (non-hydrogen) atoms. The first-order chi connectivity index (χ1) is 9.47. The number of aromatic nitrogens is 1. The fourth-order valence-electron chi connectivity index (χ4n) is 2.19. The number of rotatable bonds is 3. The van der Waals surface area contributed by atoms with Crippen LogP contribution in [0.2, 0.25) is 0 Å². The van der Waals surface area contributed by atoms with Gasteiger partial charge in [0.05, 0.1) is 16.7 Å². The Kier molecular flexibility index (Phi) is 5.32. The smallest absolute Gasteiger partial charge is 0.317 e. The lowest BCUT2D eigenvalue weighted by Crippen LogP contribution is -2.48. The molecule has 2 amide bonds. The van der Waals surface area contributed by atoms with Gasteiger partial charge in [0.15, 0.2) is 0 Å². The van der Waals surface area contributed by atoms with Gasteiger partial charge in [-0.3, -0.25) is 0 Å². The van der Waals surface area contributed by atoms with Crippen molar-refractivity contribution in [1.29, 1.82) is 0 Å². The number of nitrogens with zero attached hydrogens (tertiary/aromatic N) is 2. The summed E-state index contributed by atoms with van der Waals surface area (Å²) in [6.07, 6.45) is 0. The van der Waals surface area contributed by atoms with Crippen LogP contribution in [0.15, 0.2) is 5.38 Å². The van der Waals surface area contributed by atoms with Crippen molar-refractivity contribution in [2.24, 2.45) is 5.92 Å². The molecule has 4 nitrogen and oxygen atoms in total. The molecule has 0 spiro atoms. The van der Waals surface area contributed by atoms with Crippen molar-refractivity contribution < 1.29 is 4.79 Å². The Hall–Kier alpha value is -0.750. The summed E-state index contributed by atoms with van der Waals surface area (Å²) in [5, 5.41) is 6.66. The quantitative estimate of drug-likeness (QED) is 0.931. The number of carbonyl (C=O) groups is 1. The molecule has 2 rings (SSSR count). The summed E-state index contributed by atoms with van der Waals surface area (Å²) in [5.41, 5.74) is 0.952. The van der Waals surface area contributed by atoms with Crippen LogP contribution in [0.1, 0.15) is 37.5 Å². The fraction of sp³-hybridized carbons (Fsp3) is 0.714. The molecule has 1 aromatic heterocycles. The predicted octanol–water partition coefficient (Wildman–Crippen LogP) is 3.30. The lowest BCUT2D eigenvalue weighted by Gasteiger charge is -2.34. The zero-order valence-electron chi connectivity index (χ0n) is 12.5. The standard InChI is InChI=1S/C14H23N3OS2/c1-9(2)13-7-17(5-6-19-13)14(18)15-10(3)12-8-20-11(4)16-12/h8-10,13H,5-7H2,1-4H3,(H,15,18)/t10-,13-/m0/s1. The van der Waals surface area contributed by atoms with Crippen LogP contribution in [0.4, 0.5) is 4.79 Å². The molecule has 0 radical (unpaired) electrons. The van der Waals surface area contributed by atoms with E-state index in [1.54, 1.807) is 11.3 Å². The molecule has 1 aliphatic heterocycles. The zero-order valence-corrected chi connectivity index (χ0v) is 14.2. The monoisotopic (exact) mass is 313 g/mol. The Morgan fingerprint density at radius 3 is 2.85 bits per heavy atom. The number of aryl methyl sites for hydroxylation is 1. The van der Waals surface area contributed by atoms with Crippen LogP contribution in [-0.2, 0) is 0 Å². The summed E-state index contributed by atoms with van der Waals surface area (Å²) in [7, 11) is 0. The van der Waals surface area contributed by atoms with Gasteiger partial charge in [0.2, 0.25) is 0 Å². The molecule has 0 saturated carbocycles. The minimum absolute atomic E-state index is 0.0282. The highest BCUT2D eigenvalue weighted by molar-refractivity contribution is 8.00. The van der Waals surface area contributed by atoms with Crippen molar-refractivity contribution in [3.63, 3.8) is 0 Å². The molecule has 0 aliphatic carbocycles. The van der Waals surface area contributed by atoms with E-state index in [2.05, 4.69) is 24.1 Å². The SMILES string of the molecule is Cc1nc([C@H](C)NC(=O)N2CCS[C@H](C(C)C)C2)cs1. The molecule has 1 aliphatic rings. The van der Waals surface area contributed by atoms with Crippen LogP contribution < -0.4 is 5.32 Å². The lowest BCUT2D eigenvalue weighted by molar-refractivity contribution is 0.193. The second-order valence-corrected chi connectivity index (χ2v) is 7.97. The number of thioether (sulfide) groups is 1. The molecule has 2 heterocycles. The molecule has 0 aromatic carbocycles. The third-order valence-electron chi connectivity index (χ3n) is 3.54. The highest BCUT2D eigenvalue weighted by atomic mass is 32.2. The summed E-state index contributed by atoms with van der Waals surface area (Å²) < 4.78 is 0. The Balaban J connectivity index is 1.91. The maximum Gasteiger partial charge on any atom is 0.317 e. The van der Waals surface area contributed by atoms with E-state index in [1.807, 2.05) is 35.9 Å². The average molecular weight is 313 g/mol. The van der Waals surface area contributed by atoms with E-state index < -0.39 is 0 Å². The molecule has 1 saturated heterocycles. The average Bonchev–Trinajstić information content (AvgIpc) is 2.85. The summed E-state index contributed by atoms with van der Waals surface area (Å²) >= 11 is 3.60. The predicted molar refractivity (Wildman–Crippen MR) is 86.5 cm³/mol. The minimum Gasteiger partial charge on any atom is -0.330 e. The second-order valence-electron chi connectivity index (χ2n) is 5.56. The van der Waals surface area contributed by atoms with Gasteiger partial charge in [-0.25, -0.2) is 9.78 Å². The summed E-state index contributed by atoms with van der Waals surface area (Å²) in [6.45, 7) is 10.1. The highest BCUT2D eigenvalue weighted by Gasteiger charge is 2.26. The van der Waals surface area contributed by atoms with E-state index >= 15 is 0 Å². The van der Waals surface area contributed by atoms with Crippen LogP contribution in [0.25, 0.3) is 0 Å². The summed E-state index contributed by atoms with van der Waals surface area (Å²) in [4.78, 5) is 18.7. The number of thiazole rings is 1. The van der Waals surface area contributed by atoms with Gasteiger partial charge in [-0.05, 0) is 19.8 Å². The van der Waals surface area contributed by atoms with Crippen molar-refractivity contribution in [3.05, 3.63) is 16.1 Å². The Morgan fingerprint density at radius 2 is 2.25 bits per heavy atom. The largest absolute Gasteiger partial charge is 0.330 e. The van der Waals surface area contributed by atoms with E-state index in [9.17, 15) is 4.79 Å². The first kappa shape index (κ1) is 15.6. The zero-order chi connectivity index (χ0) is 14.7. The molecule has 1 aromatic rings. The lowest BCUT2D eigenvalue weighted by atomic mass is 10.1. The minimum atomic E-state index is -0.0282. The molecule has 2 atom stereocenters. The van der Waals surface area contributed by atoms with E-state index in [-0.39, 0.29) is 12.1 Å². The summed E-state index contributed by atoms with van der Waals surface area (Å²) in [5.74, 6) is 1.63. The normalized spacial score (nSPS) is 21.1. The number of urea groups is 1. The maximum absolute atomic E-state index is 12.3. The number of hydrogen-bond acceptors (Lipinski definition) is 4. The van der Waals surface area contributed by atoms with Crippen molar-refractivity contribution in [2.45, 2.75) is 39.0 Å². The number of amides is 2. The van der Waals surface area contributed by atoms with Gasteiger partial charge in [-0.2, -0.15) is 11.8 Å². The van der Waals surface area contributed by atoms with Gasteiger partial charge in [0, 0.05) is 29.5 Å². The highest BCUT2D eigenvalue weighted by Crippen LogP contribution is 2.25. The molecular weight excluding hydrogens is 290 g/mol. The number of nitrogens with one attached hydrogen (secondary N) is 1. The Bertz CT molecular complexity index is 461. The van der Waals surface area contributed by atoms with Crippen LogP contribution in [0.3, 0.4) is 0 Å². The van der Waals surface area contributed by atoms with E-state index in [1.165, 1.54) is 0 Å². The molecule has 112 valence electrons. The van der Waals surface area contributed by atoms with Crippen LogP contribution in [0.5, 0.6) is 0 Å². The third-order valence-corrected chi connectivity index (χ3v) is 5.88. The van der Waals surface area contributed by atoms with Crippen molar-refractivity contribution in [3.8, 4) is 0 Å². The first-order valence-corrected chi connectivity index (χ1v) is 8.99. The van der Waals surface area contributed by atoms with E-state index in [0.29, 0.717) is 11.2 Å². The molecule has 1 fully saturated rings. The number of carbonyl (C=O) groups excluding carboxylic acids is 1. The van der Waals surface area contributed by atoms with Crippen molar-refractivity contribution >= 4 is 29.1 Å². The van der Waals surface area contributed by atoms with Crippen LogP contribution in [0, 0.1) is 12.8 Å². The van der Waals surface area contributed by atoms with Crippen LogP contribution >= 0.6 is 23.1 Å². The van der Waals surface area contributed by atoms with E-state index in [0.717, 1.165) is 29.5 Å². The van der Waals surface area contributed by atoms with Gasteiger partial charge in [0.25, 0.3) is 0 Å². The van der Waals surface area contributed by atoms with E-state index in [4.69, 9.17) is 0 Å². The summed E-state index contributed by atoms with van der Waals surface area (Å²) in [6, 6.07) is 0.00799. The molecular formula is C14H23N3OS2. The van der Waals surface area contributed by atoms with Crippen molar-refractivity contribution in [1.82, 2.24) is 15.2 Å². The molecule has 0 bridgehead atoms. The Morgan fingerprint density at radius 1 is 1.50 bits per heavy atom. The van der Waals surface area contributed by atoms with Crippen molar-refractivity contribution in [2.75, 3.05) is 18.8 Å². The third kappa shape index (κ3) is 3.88. The molecule has 1 N–H and O–H groups in total. The van der Waals surface area contributed by atoms with Gasteiger partial charge in [-0.15, -0.1) is 11.3 Å². The fourth-order valence-corrected chi connectivity index (χ4v) is 4.20. The van der Waals surface area contributed by atoms with Gasteiger partial charge >= 0.3 is 6.03 Å². The van der Waals surface area contributed by atoms with Gasteiger partial charge in [-0.1, -0.05) is 13.8 Å². The van der Waals surface area contributed by atoms with Crippen LogP contribution in [-0.4, -0.2) is 40.0 Å². The van der Waals surface area contributed by atoms with Gasteiger partial charge < -0.3 is 10.2 Å². The molecule has 0 unspecified atom stereocenters. The Labute approximate surface area is 129 Å². The molecule has 6 heteroatoms. The van der Waals surface area contributed by atoms with Gasteiger partial charge in [0.1, 0.15) is 0 Å². The topological polar surface area (TPSA) is 45.2 Å². The maximum atomic E-state index is 12.3. The second kappa shape index (κ2) is 6.80.